The maximum absolute atomic E-state index is 6.05. The molecule has 3 nitrogen and oxygen atoms in total. The fourth-order valence-corrected chi connectivity index (χ4v) is 4.26. The molecular formula is C20H28O3. The van der Waals surface area contributed by atoms with Gasteiger partial charge < -0.3 is 14.2 Å². The van der Waals surface area contributed by atoms with Crippen LogP contribution in [0, 0.1) is 5.92 Å². The predicted molar refractivity (Wildman–Crippen MR) is 89.5 cm³/mol. The highest BCUT2D eigenvalue weighted by molar-refractivity contribution is 5.25. The molecule has 3 aliphatic rings. The van der Waals surface area contributed by atoms with Gasteiger partial charge in [0.2, 0.25) is 0 Å². The molecule has 0 amide bonds. The normalized spacial score (nSPS) is 37.0. The second-order valence-corrected chi connectivity index (χ2v) is 7.54. The number of rotatable bonds is 4. The van der Waals surface area contributed by atoms with E-state index in [1.807, 2.05) is 0 Å². The fraction of sp³-hybridized carbons (Fsp3) is 0.700. The summed E-state index contributed by atoms with van der Waals surface area (Å²) in [5.41, 5.74) is 2.75. The molecule has 2 aliphatic heterocycles. The summed E-state index contributed by atoms with van der Waals surface area (Å²) in [4.78, 5) is 0. The van der Waals surface area contributed by atoms with Crippen molar-refractivity contribution in [1.82, 2.24) is 0 Å². The van der Waals surface area contributed by atoms with Crippen molar-refractivity contribution in [2.75, 3.05) is 13.2 Å². The summed E-state index contributed by atoms with van der Waals surface area (Å²) in [6, 6.07) is 9.07. The van der Waals surface area contributed by atoms with Crippen LogP contribution in [-0.2, 0) is 20.8 Å². The molecule has 1 saturated carbocycles. The number of ether oxygens (including phenoxy) is 3. The Hall–Kier alpha value is -0.900. The molecular weight excluding hydrogens is 288 g/mol. The zero-order valence-corrected chi connectivity index (χ0v) is 14.1. The maximum atomic E-state index is 6.05. The van der Waals surface area contributed by atoms with Crippen LogP contribution in [0.25, 0.3) is 0 Å². The van der Waals surface area contributed by atoms with E-state index >= 15 is 0 Å². The number of hydrogen-bond donors (Lipinski definition) is 0. The van der Waals surface area contributed by atoms with Gasteiger partial charge in [-0.15, -0.1) is 0 Å². The van der Waals surface area contributed by atoms with Gasteiger partial charge in [-0.2, -0.15) is 0 Å². The lowest BCUT2D eigenvalue weighted by molar-refractivity contribution is -0.0385. The van der Waals surface area contributed by atoms with E-state index in [9.17, 15) is 0 Å². The summed E-state index contributed by atoms with van der Waals surface area (Å²) in [5, 5.41) is 0. The van der Waals surface area contributed by atoms with Gasteiger partial charge in [-0.3, -0.25) is 0 Å². The Morgan fingerprint density at radius 2 is 1.78 bits per heavy atom. The average Bonchev–Trinajstić information content (AvgIpc) is 3.18. The molecule has 0 radical (unpaired) electrons. The highest BCUT2D eigenvalue weighted by Gasteiger charge is 2.42. The Balaban J connectivity index is 1.30. The van der Waals surface area contributed by atoms with Crippen molar-refractivity contribution in [3.05, 3.63) is 35.4 Å². The third-order valence-corrected chi connectivity index (χ3v) is 5.85. The minimum absolute atomic E-state index is 0.0991. The van der Waals surface area contributed by atoms with E-state index in [1.54, 1.807) is 0 Å². The summed E-state index contributed by atoms with van der Waals surface area (Å²) in [5.74, 6) is 1.67. The summed E-state index contributed by atoms with van der Waals surface area (Å²) in [6.07, 6.45) is 6.96. The molecule has 0 bridgehead atoms. The van der Waals surface area contributed by atoms with Gasteiger partial charge in [0.05, 0.1) is 19.3 Å². The van der Waals surface area contributed by atoms with Crippen LogP contribution in [0.1, 0.15) is 56.1 Å². The lowest BCUT2D eigenvalue weighted by atomic mass is 9.79. The van der Waals surface area contributed by atoms with Gasteiger partial charge >= 0.3 is 0 Å². The molecule has 1 unspecified atom stereocenters. The van der Waals surface area contributed by atoms with Crippen molar-refractivity contribution in [1.29, 1.82) is 0 Å². The molecule has 4 rings (SSSR count). The van der Waals surface area contributed by atoms with Crippen LogP contribution in [0.15, 0.2) is 24.3 Å². The minimum Gasteiger partial charge on any atom is -0.373 e. The Morgan fingerprint density at radius 1 is 1.00 bits per heavy atom. The molecule has 1 aromatic carbocycles. The van der Waals surface area contributed by atoms with Gasteiger partial charge in [-0.1, -0.05) is 44.0 Å². The third kappa shape index (κ3) is 3.47. The average molecular weight is 316 g/mol. The van der Waals surface area contributed by atoms with Crippen molar-refractivity contribution in [2.24, 2.45) is 5.92 Å². The Bertz CT molecular complexity index is 504. The first-order chi connectivity index (χ1) is 11.3. The van der Waals surface area contributed by atoms with Crippen molar-refractivity contribution in [3.63, 3.8) is 0 Å². The summed E-state index contributed by atoms with van der Waals surface area (Å²) < 4.78 is 17.5. The quantitative estimate of drug-likeness (QED) is 0.838. The van der Waals surface area contributed by atoms with E-state index in [0.717, 1.165) is 24.9 Å². The number of fused-ring (bicyclic) bond motifs is 1. The van der Waals surface area contributed by atoms with Crippen LogP contribution in [0.2, 0.25) is 0 Å². The van der Waals surface area contributed by atoms with Gasteiger partial charge in [-0.25, -0.2) is 0 Å². The number of hydrogen-bond acceptors (Lipinski definition) is 3. The zero-order chi connectivity index (χ0) is 15.6. The molecule has 2 heterocycles. The molecule has 0 N–H and O–H groups in total. The predicted octanol–water partition coefficient (Wildman–Crippen LogP) is 4.05. The molecule has 1 aliphatic carbocycles. The van der Waals surface area contributed by atoms with E-state index in [4.69, 9.17) is 14.2 Å². The van der Waals surface area contributed by atoms with Gasteiger partial charge in [0, 0.05) is 6.61 Å². The summed E-state index contributed by atoms with van der Waals surface area (Å²) in [7, 11) is 0. The summed E-state index contributed by atoms with van der Waals surface area (Å²) >= 11 is 0. The van der Waals surface area contributed by atoms with Crippen LogP contribution in [0.5, 0.6) is 0 Å². The van der Waals surface area contributed by atoms with Crippen molar-refractivity contribution < 1.29 is 14.2 Å². The van der Waals surface area contributed by atoms with E-state index in [2.05, 4.69) is 31.2 Å². The Kier molecular flexibility index (Phi) is 4.70. The lowest BCUT2D eigenvalue weighted by Crippen LogP contribution is -2.29. The van der Waals surface area contributed by atoms with Crippen LogP contribution in [-0.4, -0.2) is 31.5 Å². The number of benzene rings is 1. The fourth-order valence-electron chi connectivity index (χ4n) is 4.26. The Labute approximate surface area is 139 Å². The molecule has 1 aromatic rings. The van der Waals surface area contributed by atoms with Gasteiger partial charge in [0.15, 0.2) is 0 Å². The van der Waals surface area contributed by atoms with E-state index < -0.39 is 0 Å². The monoisotopic (exact) mass is 316 g/mol. The first-order valence-corrected chi connectivity index (χ1v) is 9.23. The van der Waals surface area contributed by atoms with Crippen LogP contribution in [0.4, 0.5) is 0 Å². The van der Waals surface area contributed by atoms with Crippen molar-refractivity contribution >= 4 is 0 Å². The van der Waals surface area contributed by atoms with E-state index in [1.165, 1.54) is 36.8 Å². The SMILES string of the molecule is CC1CCC(c2ccc(COC3CO[C@@H]4CCO[C@H]34)cc2)CC1. The van der Waals surface area contributed by atoms with Crippen LogP contribution in [0.3, 0.4) is 0 Å². The molecule has 0 aromatic heterocycles. The first-order valence-electron chi connectivity index (χ1n) is 9.23. The van der Waals surface area contributed by atoms with E-state index in [-0.39, 0.29) is 18.3 Å². The van der Waals surface area contributed by atoms with Crippen molar-refractivity contribution in [3.8, 4) is 0 Å². The largest absolute Gasteiger partial charge is 0.373 e. The molecule has 0 spiro atoms. The first kappa shape index (κ1) is 15.6. The van der Waals surface area contributed by atoms with Gasteiger partial charge in [0.25, 0.3) is 0 Å². The molecule has 126 valence electrons. The topological polar surface area (TPSA) is 27.7 Å². The molecule has 3 heteroatoms. The molecule has 3 fully saturated rings. The van der Waals surface area contributed by atoms with Gasteiger partial charge in [0.1, 0.15) is 12.2 Å². The summed E-state index contributed by atoms with van der Waals surface area (Å²) in [6.45, 7) is 4.52. The zero-order valence-electron chi connectivity index (χ0n) is 14.1. The van der Waals surface area contributed by atoms with Gasteiger partial charge in [-0.05, 0) is 42.2 Å². The maximum Gasteiger partial charge on any atom is 0.112 e. The highest BCUT2D eigenvalue weighted by Crippen LogP contribution is 2.35. The molecule has 3 atom stereocenters. The Morgan fingerprint density at radius 3 is 2.57 bits per heavy atom. The second kappa shape index (κ2) is 6.92. The molecule has 23 heavy (non-hydrogen) atoms. The smallest absolute Gasteiger partial charge is 0.112 e. The standard InChI is InChI=1S/C20H28O3/c1-14-2-6-16(7-3-14)17-8-4-15(5-9-17)12-22-19-13-23-18-10-11-21-20(18)19/h4-5,8-9,14,16,18-20H,2-3,6-7,10-13H2,1H3/t14?,16?,18-,19?,20+/m1/s1. The second-order valence-electron chi connectivity index (χ2n) is 7.54. The molecule has 2 saturated heterocycles. The highest BCUT2D eigenvalue weighted by atomic mass is 16.6. The van der Waals surface area contributed by atoms with Crippen LogP contribution >= 0.6 is 0 Å². The minimum atomic E-state index is 0.0991. The van der Waals surface area contributed by atoms with E-state index in [0.29, 0.717) is 13.2 Å². The van der Waals surface area contributed by atoms with Crippen molar-refractivity contribution in [2.45, 2.75) is 69.9 Å². The van der Waals surface area contributed by atoms with Crippen LogP contribution < -0.4 is 0 Å². The third-order valence-electron chi connectivity index (χ3n) is 5.85. The lowest BCUT2D eigenvalue weighted by Gasteiger charge is -2.26.